The van der Waals surface area contributed by atoms with Crippen LogP contribution in [0.3, 0.4) is 0 Å². The number of ketones is 1. The van der Waals surface area contributed by atoms with Crippen molar-refractivity contribution < 1.29 is 19.1 Å². The van der Waals surface area contributed by atoms with E-state index in [9.17, 15) is 9.59 Å². The zero-order valence-corrected chi connectivity index (χ0v) is 15.1. The molecule has 0 aliphatic carbocycles. The summed E-state index contributed by atoms with van der Waals surface area (Å²) in [6.07, 6.45) is 3.15. The maximum atomic E-state index is 12.6. The highest BCUT2D eigenvalue weighted by molar-refractivity contribution is 6.31. The lowest BCUT2D eigenvalue weighted by Crippen LogP contribution is -2.53. The summed E-state index contributed by atoms with van der Waals surface area (Å²) in [5.41, 5.74) is 0.966. The van der Waals surface area contributed by atoms with Gasteiger partial charge in [0, 0.05) is 37.6 Å². The minimum Gasteiger partial charge on any atom is -0.486 e. The second-order valence-electron chi connectivity index (χ2n) is 7.31. The molecule has 0 aromatic heterocycles. The van der Waals surface area contributed by atoms with Crippen molar-refractivity contribution in [1.82, 2.24) is 4.90 Å². The Kier molecular flexibility index (Phi) is 4.24. The standard InChI is InChI=1S/C19H22ClNO4/c1-12-9-17-13(10-14(12)20)15(22)11-19(25-17)4-6-21(7-5-19)18(23)16-3-2-8-24-16/h9-10,16H,2-8,11H2,1H3. The summed E-state index contributed by atoms with van der Waals surface area (Å²) < 4.78 is 11.8. The van der Waals surface area contributed by atoms with E-state index in [4.69, 9.17) is 21.1 Å². The summed E-state index contributed by atoms with van der Waals surface area (Å²) in [6.45, 7) is 3.78. The van der Waals surface area contributed by atoms with Gasteiger partial charge in [0.1, 0.15) is 17.5 Å². The van der Waals surface area contributed by atoms with Crippen LogP contribution >= 0.6 is 11.6 Å². The number of aryl methyl sites for hydroxylation is 1. The fourth-order valence-electron chi connectivity index (χ4n) is 4.00. The van der Waals surface area contributed by atoms with Gasteiger partial charge in [-0.2, -0.15) is 0 Å². The zero-order chi connectivity index (χ0) is 17.6. The highest BCUT2D eigenvalue weighted by Gasteiger charge is 2.44. The van der Waals surface area contributed by atoms with Gasteiger partial charge in [0.2, 0.25) is 0 Å². The summed E-state index contributed by atoms with van der Waals surface area (Å²) in [4.78, 5) is 27.0. The smallest absolute Gasteiger partial charge is 0.251 e. The lowest BCUT2D eigenvalue weighted by Gasteiger charge is -2.44. The maximum absolute atomic E-state index is 12.6. The van der Waals surface area contributed by atoms with Crippen molar-refractivity contribution in [2.24, 2.45) is 0 Å². The van der Waals surface area contributed by atoms with Crippen molar-refractivity contribution in [3.8, 4) is 5.75 Å². The molecular weight excluding hydrogens is 342 g/mol. The van der Waals surface area contributed by atoms with Crippen molar-refractivity contribution >= 4 is 23.3 Å². The number of carbonyl (C=O) groups is 2. The van der Waals surface area contributed by atoms with E-state index in [1.807, 2.05) is 17.9 Å². The number of benzene rings is 1. The first kappa shape index (κ1) is 16.9. The molecule has 1 unspecified atom stereocenters. The van der Waals surface area contributed by atoms with Crippen LogP contribution < -0.4 is 4.74 Å². The van der Waals surface area contributed by atoms with Crippen LogP contribution in [-0.2, 0) is 9.53 Å². The number of fused-ring (bicyclic) bond motifs is 1. The molecule has 6 heteroatoms. The number of rotatable bonds is 1. The van der Waals surface area contributed by atoms with E-state index in [0.29, 0.717) is 55.3 Å². The molecule has 134 valence electrons. The highest BCUT2D eigenvalue weighted by atomic mass is 35.5. The van der Waals surface area contributed by atoms with Crippen LogP contribution in [0.15, 0.2) is 12.1 Å². The highest BCUT2D eigenvalue weighted by Crippen LogP contribution is 2.41. The monoisotopic (exact) mass is 363 g/mol. The number of piperidine rings is 1. The van der Waals surface area contributed by atoms with E-state index in [-0.39, 0.29) is 17.8 Å². The molecule has 5 nitrogen and oxygen atoms in total. The third-order valence-electron chi connectivity index (χ3n) is 5.56. The molecule has 2 saturated heterocycles. The largest absolute Gasteiger partial charge is 0.486 e. The molecule has 4 rings (SSSR count). The van der Waals surface area contributed by atoms with Gasteiger partial charge in [-0.3, -0.25) is 9.59 Å². The van der Waals surface area contributed by atoms with E-state index >= 15 is 0 Å². The number of ether oxygens (including phenoxy) is 2. The molecule has 0 bridgehead atoms. The molecule has 0 N–H and O–H groups in total. The molecule has 3 aliphatic rings. The van der Waals surface area contributed by atoms with Gasteiger partial charge in [0.25, 0.3) is 5.91 Å². The number of Topliss-reactive ketones (excluding diaryl/α,β-unsaturated/α-hetero) is 1. The van der Waals surface area contributed by atoms with E-state index in [1.165, 1.54) is 0 Å². The Labute approximate surface area is 152 Å². The quantitative estimate of drug-likeness (QED) is 0.769. The summed E-state index contributed by atoms with van der Waals surface area (Å²) in [7, 11) is 0. The van der Waals surface area contributed by atoms with Crippen molar-refractivity contribution in [2.75, 3.05) is 19.7 Å². The Balaban J connectivity index is 1.48. The van der Waals surface area contributed by atoms with Crippen molar-refractivity contribution in [1.29, 1.82) is 0 Å². The number of hydrogen-bond acceptors (Lipinski definition) is 4. The molecule has 0 saturated carbocycles. The van der Waals surface area contributed by atoms with Gasteiger partial charge in [-0.25, -0.2) is 0 Å². The summed E-state index contributed by atoms with van der Waals surface area (Å²) in [5, 5.41) is 0.587. The van der Waals surface area contributed by atoms with Crippen LogP contribution in [0.1, 0.15) is 48.0 Å². The van der Waals surface area contributed by atoms with Crippen LogP contribution in [0, 0.1) is 6.92 Å². The molecule has 0 radical (unpaired) electrons. The van der Waals surface area contributed by atoms with Gasteiger partial charge in [-0.05, 0) is 37.5 Å². The SMILES string of the molecule is Cc1cc2c(cc1Cl)C(=O)CC1(CCN(C(=O)C3CCCO3)CC1)O2. The van der Waals surface area contributed by atoms with Crippen LogP contribution in [0.25, 0.3) is 0 Å². The van der Waals surface area contributed by atoms with Crippen LogP contribution in [0.5, 0.6) is 5.75 Å². The normalized spacial score (nSPS) is 25.0. The topological polar surface area (TPSA) is 55.8 Å². The van der Waals surface area contributed by atoms with Crippen LogP contribution in [0.4, 0.5) is 0 Å². The average molecular weight is 364 g/mol. The minimum absolute atomic E-state index is 0.0713. The Bertz CT molecular complexity index is 718. The second-order valence-corrected chi connectivity index (χ2v) is 7.72. The second kappa shape index (κ2) is 6.29. The first-order valence-corrected chi connectivity index (χ1v) is 9.28. The molecule has 1 spiro atoms. The lowest BCUT2D eigenvalue weighted by molar-refractivity contribution is -0.144. The molecule has 2 fully saturated rings. The van der Waals surface area contributed by atoms with Crippen molar-refractivity contribution in [3.63, 3.8) is 0 Å². The van der Waals surface area contributed by atoms with Crippen molar-refractivity contribution in [3.05, 3.63) is 28.3 Å². The van der Waals surface area contributed by atoms with E-state index < -0.39 is 5.60 Å². The molecule has 1 amide bonds. The number of likely N-dealkylation sites (tertiary alicyclic amines) is 1. The summed E-state index contributed by atoms with van der Waals surface area (Å²) in [5.74, 6) is 0.775. The minimum atomic E-state index is -0.502. The summed E-state index contributed by atoms with van der Waals surface area (Å²) >= 11 is 6.14. The predicted molar refractivity (Wildman–Crippen MR) is 93.3 cm³/mol. The van der Waals surface area contributed by atoms with E-state index in [2.05, 4.69) is 0 Å². The Hall–Kier alpha value is -1.59. The van der Waals surface area contributed by atoms with Gasteiger partial charge in [0.05, 0.1) is 12.0 Å². The van der Waals surface area contributed by atoms with Gasteiger partial charge >= 0.3 is 0 Å². The number of hydrogen-bond donors (Lipinski definition) is 0. The number of carbonyl (C=O) groups excluding carboxylic acids is 2. The van der Waals surface area contributed by atoms with Gasteiger partial charge in [-0.1, -0.05) is 11.6 Å². The predicted octanol–water partition coefficient (Wildman–Crippen LogP) is 3.15. The van der Waals surface area contributed by atoms with E-state index in [0.717, 1.165) is 18.4 Å². The molecule has 25 heavy (non-hydrogen) atoms. The van der Waals surface area contributed by atoms with Crippen molar-refractivity contribution in [2.45, 2.75) is 50.7 Å². The third-order valence-corrected chi connectivity index (χ3v) is 5.97. The zero-order valence-electron chi connectivity index (χ0n) is 14.3. The van der Waals surface area contributed by atoms with Gasteiger partial charge < -0.3 is 14.4 Å². The number of halogens is 1. The first-order valence-electron chi connectivity index (χ1n) is 8.90. The van der Waals surface area contributed by atoms with E-state index in [1.54, 1.807) is 6.07 Å². The van der Waals surface area contributed by atoms with Crippen LogP contribution in [-0.4, -0.2) is 48.0 Å². The van der Waals surface area contributed by atoms with Crippen LogP contribution in [0.2, 0.25) is 5.02 Å². The maximum Gasteiger partial charge on any atom is 0.251 e. The molecule has 1 atom stereocenters. The van der Waals surface area contributed by atoms with Gasteiger partial charge in [-0.15, -0.1) is 0 Å². The molecule has 3 heterocycles. The Morgan fingerprint density at radius 2 is 2.08 bits per heavy atom. The first-order chi connectivity index (χ1) is 12.0. The lowest BCUT2D eigenvalue weighted by atomic mass is 9.82. The molecular formula is C19H22ClNO4. The number of nitrogens with zero attached hydrogens (tertiary/aromatic N) is 1. The molecule has 3 aliphatic heterocycles. The average Bonchev–Trinajstić information content (AvgIpc) is 3.11. The van der Waals surface area contributed by atoms with Gasteiger partial charge in [0.15, 0.2) is 5.78 Å². The molecule has 1 aromatic rings. The fourth-order valence-corrected chi connectivity index (χ4v) is 4.17. The fraction of sp³-hybridized carbons (Fsp3) is 0.579. The molecule has 1 aromatic carbocycles. The Morgan fingerprint density at radius 3 is 2.76 bits per heavy atom. The number of amides is 1. The summed E-state index contributed by atoms with van der Waals surface area (Å²) in [6, 6.07) is 3.55. The Morgan fingerprint density at radius 1 is 1.32 bits per heavy atom. The third kappa shape index (κ3) is 3.04.